The van der Waals surface area contributed by atoms with Crippen molar-refractivity contribution in [2.45, 2.75) is 6.92 Å². The summed E-state index contributed by atoms with van der Waals surface area (Å²) in [6.07, 6.45) is 1.56. The fourth-order valence-electron chi connectivity index (χ4n) is 3.11. The number of amides is 1. The summed E-state index contributed by atoms with van der Waals surface area (Å²) in [4.78, 5) is 29.3. The Balaban J connectivity index is 1.70. The summed E-state index contributed by atoms with van der Waals surface area (Å²) >= 11 is 0. The monoisotopic (exact) mass is 382 g/mol. The molecule has 0 atom stereocenters. The van der Waals surface area contributed by atoms with E-state index in [0.29, 0.717) is 28.1 Å². The number of aryl methyl sites for hydroxylation is 1. The molecule has 142 valence electrons. The van der Waals surface area contributed by atoms with Gasteiger partial charge in [0.25, 0.3) is 5.91 Å². The first-order chi connectivity index (χ1) is 14.1. The Morgan fingerprint density at radius 3 is 2.45 bits per heavy atom. The van der Waals surface area contributed by atoms with Crippen LogP contribution in [0.3, 0.4) is 0 Å². The zero-order valence-corrected chi connectivity index (χ0v) is 15.8. The van der Waals surface area contributed by atoms with E-state index in [9.17, 15) is 9.59 Å². The zero-order valence-electron chi connectivity index (χ0n) is 15.8. The Kier molecular flexibility index (Phi) is 5.03. The average molecular weight is 382 g/mol. The molecule has 1 amide bonds. The maximum atomic E-state index is 12.6. The summed E-state index contributed by atoms with van der Waals surface area (Å²) in [6, 6.07) is 23.3. The van der Waals surface area contributed by atoms with Crippen molar-refractivity contribution >= 4 is 28.3 Å². The van der Waals surface area contributed by atoms with Crippen LogP contribution < -0.4 is 10.1 Å². The van der Waals surface area contributed by atoms with Crippen LogP contribution in [0.5, 0.6) is 5.75 Å². The minimum atomic E-state index is -0.452. The number of carbonyl (C=O) groups excluding carboxylic acids is 2. The Hall–Kier alpha value is -3.99. The van der Waals surface area contributed by atoms with Gasteiger partial charge in [0.15, 0.2) is 0 Å². The molecule has 5 heteroatoms. The first-order valence-electron chi connectivity index (χ1n) is 9.15. The second-order valence-corrected chi connectivity index (χ2v) is 6.59. The number of nitrogens with one attached hydrogen (secondary N) is 1. The number of rotatable bonds is 4. The predicted molar refractivity (Wildman–Crippen MR) is 112 cm³/mol. The lowest BCUT2D eigenvalue weighted by Gasteiger charge is -2.13. The van der Waals surface area contributed by atoms with Crippen molar-refractivity contribution < 1.29 is 14.3 Å². The lowest BCUT2D eigenvalue weighted by Crippen LogP contribution is -2.14. The van der Waals surface area contributed by atoms with Crippen LogP contribution in [0.1, 0.15) is 26.4 Å². The lowest BCUT2D eigenvalue weighted by atomic mass is 10.1. The number of esters is 1. The maximum absolute atomic E-state index is 12.6. The van der Waals surface area contributed by atoms with Gasteiger partial charge in [-0.25, -0.2) is 4.79 Å². The van der Waals surface area contributed by atoms with Gasteiger partial charge >= 0.3 is 5.97 Å². The highest BCUT2D eigenvalue weighted by Crippen LogP contribution is 2.33. The van der Waals surface area contributed by atoms with E-state index in [4.69, 9.17) is 4.74 Å². The largest absolute Gasteiger partial charge is 0.422 e. The van der Waals surface area contributed by atoms with E-state index in [1.165, 1.54) is 0 Å². The van der Waals surface area contributed by atoms with Gasteiger partial charge in [-0.15, -0.1) is 0 Å². The molecule has 1 aromatic heterocycles. The molecule has 5 nitrogen and oxygen atoms in total. The van der Waals surface area contributed by atoms with Gasteiger partial charge in [-0.05, 0) is 48.7 Å². The molecule has 0 spiro atoms. The minimum Gasteiger partial charge on any atom is -0.422 e. The highest BCUT2D eigenvalue weighted by molar-refractivity contribution is 6.10. The van der Waals surface area contributed by atoms with Crippen molar-refractivity contribution in [1.82, 2.24) is 4.98 Å². The summed E-state index contributed by atoms with van der Waals surface area (Å²) in [5.74, 6) is -0.407. The topological polar surface area (TPSA) is 68.3 Å². The van der Waals surface area contributed by atoms with Crippen LogP contribution in [-0.2, 0) is 0 Å². The van der Waals surface area contributed by atoms with E-state index >= 15 is 0 Å². The molecule has 0 aliphatic rings. The number of anilines is 1. The lowest BCUT2D eigenvalue weighted by molar-refractivity contribution is 0.0737. The number of fused-ring (bicyclic) bond motifs is 1. The van der Waals surface area contributed by atoms with Crippen LogP contribution in [0.2, 0.25) is 0 Å². The molecule has 0 fully saturated rings. The van der Waals surface area contributed by atoms with Gasteiger partial charge in [-0.1, -0.05) is 48.0 Å². The smallest absolute Gasteiger partial charge is 0.343 e. The molecule has 4 aromatic rings. The summed E-state index contributed by atoms with van der Waals surface area (Å²) in [7, 11) is 0. The summed E-state index contributed by atoms with van der Waals surface area (Å²) in [5, 5.41) is 4.37. The van der Waals surface area contributed by atoms with Crippen LogP contribution in [0.15, 0.2) is 85.1 Å². The average Bonchev–Trinajstić information content (AvgIpc) is 2.74. The van der Waals surface area contributed by atoms with Crippen LogP contribution in [0, 0.1) is 6.92 Å². The fraction of sp³-hybridized carbons (Fsp3) is 0.0417. The zero-order chi connectivity index (χ0) is 20.2. The molecule has 3 aromatic carbocycles. The molecular weight excluding hydrogens is 364 g/mol. The van der Waals surface area contributed by atoms with Gasteiger partial charge in [-0.2, -0.15) is 0 Å². The third-order valence-corrected chi connectivity index (χ3v) is 4.47. The third-order valence-electron chi connectivity index (χ3n) is 4.47. The predicted octanol–water partition coefficient (Wildman–Crippen LogP) is 5.01. The van der Waals surface area contributed by atoms with E-state index in [0.717, 1.165) is 10.9 Å². The summed E-state index contributed by atoms with van der Waals surface area (Å²) in [6.45, 7) is 1.92. The Morgan fingerprint density at radius 1 is 0.897 bits per heavy atom. The van der Waals surface area contributed by atoms with Gasteiger partial charge in [0.1, 0.15) is 11.4 Å². The molecule has 0 radical (unpaired) electrons. The number of hydrogen-bond donors (Lipinski definition) is 1. The highest BCUT2D eigenvalue weighted by Gasteiger charge is 2.15. The van der Waals surface area contributed by atoms with E-state index in [-0.39, 0.29) is 5.91 Å². The minimum absolute atomic E-state index is 0.304. The number of ether oxygens (including phenoxy) is 1. The third kappa shape index (κ3) is 3.99. The SMILES string of the molecule is Cc1cccc(C(=O)Oc2cccc3cccc(NC(=O)c4ccccn4)c23)c1. The fourth-order valence-corrected chi connectivity index (χ4v) is 3.11. The van der Waals surface area contributed by atoms with E-state index in [2.05, 4.69) is 10.3 Å². The van der Waals surface area contributed by atoms with E-state index in [1.807, 2.05) is 43.3 Å². The molecule has 29 heavy (non-hydrogen) atoms. The summed E-state index contributed by atoms with van der Waals surface area (Å²) < 4.78 is 5.69. The van der Waals surface area contributed by atoms with Crippen LogP contribution >= 0.6 is 0 Å². The molecule has 1 heterocycles. The van der Waals surface area contributed by atoms with Crippen LogP contribution in [-0.4, -0.2) is 16.9 Å². The number of nitrogens with zero attached hydrogens (tertiary/aromatic N) is 1. The van der Waals surface area contributed by atoms with Crippen molar-refractivity contribution in [3.63, 3.8) is 0 Å². The normalized spacial score (nSPS) is 10.5. The molecule has 0 bridgehead atoms. The number of aromatic nitrogens is 1. The van der Waals surface area contributed by atoms with Crippen molar-refractivity contribution in [1.29, 1.82) is 0 Å². The van der Waals surface area contributed by atoms with Crippen molar-refractivity contribution in [2.24, 2.45) is 0 Å². The van der Waals surface area contributed by atoms with Gasteiger partial charge in [0.05, 0.1) is 11.3 Å². The van der Waals surface area contributed by atoms with E-state index < -0.39 is 5.97 Å². The molecule has 4 rings (SSSR count). The number of hydrogen-bond acceptors (Lipinski definition) is 4. The Labute approximate surface area is 168 Å². The Bertz CT molecular complexity index is 1200. The highest BCUT2D eigenvalue weighted by atomic mass is 16.5. The van der Waals surface area contributed by atoms with E-state index in [1.54, 1.807) is 48.7 Å². The van der Waals surface area contributed by atoms with Gasteiger partial charge in [0.2, 0.25) is 0 Å². The first-order valence-corrected chi connectivity index (χ1v) is 9.15. The van der Waals surface area contributed by atoms with Gasteiger partial charge in [0, 0.05) is 11.6 Å². The summed E-state index contributed by atoms with van der Waals surface area (Å²) in [5.41, 5.74) is 2.29. The Morgan fingerprint density at radius 2 is 1.69 bits per heavy atom. The number of benzene rings is 3. The molecule has 0 aliphatic carbocycles. The molecular formula is C24H18N2O3. The van der Waals surface area contributed by atoms with Gasteiger partial charge in [-0.3, -0.25) is 9.78 Å². The van der Waals surface area contributed by atoms with Crippen LogP contribution in [0.4, 0.5) is 5.69 Å². The first kappa shape index (κ1) is 18.4. The molecule has 0 saturated heterocycles. The standard InChI is InChI=1S/C24H18N2O3/c1-16-7-4-10-18(15-16)24(28)29-21-13-6-9-17-8-5-12-19(22(17)21)26-23(27)20-11-2-3-14-25-20/h2-15H,1H3,(H,26,27). The molecule has 0 aliphatic heterocycles. The van der Waals surface area contributed by atoms with Crippen molar-refractivity contribution in [2.75, 3.05) is 5.32 Å². The molecule has 0 saturated carbocycles. The number of pyridine rings is 1. The maximum Gasteiger partial charge on any atom is 0.343 e. The molecule has 0 unspecified atom stereocenters. The second kappa shape index (κ2) is 7.94. The van der Waals surface area contributed by atoms with Gasteiger partial charge < -0.3 is 10.1 Å². The second-order valence-electron chi connectivity index (χ2n) is 6.59. The van der Waals surface area contributed by atoms with Crippen molar-refractivity contribution in [3.05, 3.63) is 102 Å². The number of carbonyl (C=O) groups is 2. The van der Waals surface area contributed by atoms with Crippen molar-refractivity contribution in [3.8, 4) is 5.75 Å². The van der Waals surface area contributed by atoms with Crippen LogP contribution in [0.25, 0.3) is 10.8 Å². The quantitative estimate of drug-likeness (QED) is 0.398. The molecule has 1 N–H and O–H groups in total.